The highest BCUT2D eigenvalue weighted by Crippen LogP contribution is 2.22. The second-order valence-corrected chi connectivity index (χ2v) is 6.09. The molecule has 0 aromatic carbocycles. The van der Waals surface area contributed by atoms with Crippen LogP contribution in [0.1, 0.15) is 4.88 Å². The van der Waals surface area contributed by atoms with Gasteiger partial charge in [0.2, 0.25) is 0 Å². The summed E-state index contributed by atoms with van der Waals surface area (Å²) in [5, 5.41) is 7.58. The van der Waals surface area contributed by atoms with E-state index in [1.165, 1.54) is 4.88 Å². The van der Waals surface area contributed by atoms with Crippen LogP contribution in [-0.2, 0) is 17.8 Å². The normalized spacial score (nSPS) is 10.7. The summed E-state index contributed by atoms with van der Waals surface area (Å²) in [6, 6.07) is 4.17. The van der Waals surface area contributed by atoms with Gasteiger partial charge in [-0.1, -0.05) is 0 Å². The van der Waals surface area contributed by atoms with Crippen molar-refractivity contribution in [3.05, 3.63) is 33.2 Å². The zero-order chi connectivity index (χ0) is 12.1. The molecule has 2 aromatic heterocycles. The van der Waals surface area contributed by atoms with Crippen LogP contribution in [0.5, 0.6) is 0 Å². The van der Waals surface area contributed by atoms with E-state index in [1.54, 1.807) is 18.4 Å². The van der Waals surface area contributed by atoms with Gasteiger partial charge in [-0.05, 0) is 28.1 Å². The van der Waals surface area contributed by atoms with Crippen LogP contribution in [0.15, 0.2) is 28.3 Å². The lowest BCUT2D eigenvalue weighted by Gasteiger charge is -2.00. The van der Waals surface area contributed by atoms with Crippen LogP contribution in [0.3, 0.4) is 0 Å². The molecule has 4 nitrogen and oxygen atoms in total. The van der Waals surface area contributed by atoms with Gasteiger partial charge in [-0.3, -0.25) is 4.68 Å². The quantitative estimate of drug-likeness (QED) is 0.890. The minimum absolute atomic E-state index is 0.680. The van der Waals surface area contributed by atoms with Crippen molar-refractivity contribution in [2.75, 3.05) is 19.0 Å². The molecule has 0 bridgehead atoms. The number of nitrogens with zero attached hydrogens (tertiary/aromatic N) is 2. The predicted molar refractivity (Wildman–Crippen MR) is 73.4 cm³/mol. The first kappa shape index (κ1) is 12.6. The number of ether oxygens (including phenoxy) is 1. The number of thiophene rings is 1. The lowest BCUT2D eigenvalue weighted by Crippen LogP contribution is -2.04. The van der Waals surface area contributed by atoms with E-state index < -0.39 is 0 Å². The molecule has 6 heteroatoms. The number of halogens is 1. The minimum atomic E-state index is 0.680. The summed E-state index contributed by atoms with van der Waals surface area (Å²) in [4.78, 5) is 1.29. The molecular formula is C11H14BrN3OS. The topological polar surface area (TPSA) is 39.1 Å². The maximum Gasteiger partial charge on any atom is 0.0729 e. The molecule has 0 saturated heterocycles. The van der Waals surface area contributed by atoms with Crippen molar-refractivity contribution >= 4 is 33.0 Å². The summed E-state index contributed by atoms with van der Waals surface area (Å²) in [6.45, 7) is 2.29. The summed E-state index contributed by atoms with van der Waals surface area (Å²) < 4.78 is 8.03. The molecule has 0 saturated carbocycles. The van der Waals surface area contributed by atoms with Gasteiger partial charge in [0.05, 0.1) is 28.8 Å². The number of anilines is 1. The summed E-state index contributed by atoms with van der Waals surface area (Å²) in [6.07, 6.45) is 3.82. The van der Waals surface area contributed by atoms with Crippen molar-refractivity contribution in [1.29, 1.82) is 0 Å². The number of nitrogens with one attached hydrogen (secondary N) is 1. The molecule has 0 aliphatic carbocycles. The van der Waals surface area contributed by atoms with Crippen LogP contribution >= 0.6 is 27.3 Å². The average Bonchev–Trinajstić information content (AvgIpc) is 2.93. The first-order valence-electron chi connectivity index (χ1n) is 5.27. The fourth-order valence-corrected chi connectivity index (χ4v) is 2.82. The monoisotopic (exact) mass is 315 g/mol. The van der Waals surface area contributed by atoms with Crippen molar-refractivity contribution in [1.82, 2.24) is 9.78 Å². The summed E-state index contributed by atoms with van der Waals surface area (Å²) in [5.41, 5.74) is 1.03. The minimum Gasteiger partial charge on any atom is -0.383 e. The number of aromatic nitrogens is 2. The Hall–Kier alpha value is -0.850. The Kier molecular flexibility index (Phi) is 4.58. The van der Waals surface area contributed by atoms with Crippen molar-refractivity contribution in [3.63, 3.8) is 0 Å². The maximum atomic E-state index is 5.00. The van der Waals surface area contributed by atoms with Crippen LogP contribution in [0.4, 0.5) is 5.69 Å². The molecule has 2 heterocycles. The van der Waals surface area contributed by atoms with E-state index in [4.69, 9.17) is 4.74 Å². The van der Waals surface area contributed by atoms with E-state index in [0.717, 1.165) is 22.6 Å². The Balaban J connectivity index is 1.84. The number of methoxy groups -OCH3 is 1. The largest absolute Gasteiger partial charge is 0.383 e. The van der Waals surface area contributed by atoms with Crippen molar-refractivity contribution in [2.45, 2.75) is 13.1 Å². The molecule has 0 atom stereocenters. The molecule has 0 amide bonds. The maximum absolute atomic E-state index is 5.00. The highest BCUT2D eigenvalue weighted by atomic mass is 79.9. The molecule has 0 unspecified atom stereocenters. The molecule has 0 radical (unpaired) electrons. The molecule has 0 fully saturated rings. The lowest BCUT2D eigenvalue weighted by atomic mass is 10.4. The Morgan fingerprint density at radius 3 is 3.12 bits per heavy atom. The highest BCUT2D eigenvalue weighted by molar-refractivity contribution is 9.11. The SMILES string of the molecule is COCCn1cc(NCc2ccc(Br)s2)cn1. The molecule has 2 rings (SSSR count). The van der Waals surface area contributed by atoms with Gasteiger partial charge in [0.25, 0.3) is 0 Å². The molecule has 92 valence electrons. The van der Waals surface area contributed by atoms with E-state index in [-0.39, 0.29) is 0 Å². The Morgan fingerprint density at radius 1 is 1.53 bits per heavy atom. The van der Waals surface area contributed by atoms with Gasteiger partial charge in [-0.2, -0.15) is 5.10 Å². The third kappa shape index (κ3) is 3.83. The van der Waals surface area contributed by atoms with Crippen LogP contribution in [0.2, 0.25) is 0 Å². The second kappa shape index (κ2) is 6.18. The summed E-state index contributed by atoms with van der Waals surface area (Å²) in [5.74, 6) is 0. The predicted octanol–water partition coefficient (Wildman–Crippen LogP) is 2.97. The number of hydrogen-bond acceptors (Lipinski definition) is 4. The first-order chi connectivity index (χ1) is 8.28. The number of rotatable bonds is 6. The van der Waals surface area contributed by atoms with E-state index in [9.17, 15) is 0 Å². The van der Waals surface area contributed by atoms with E-state index in [1.807, 2.05) is 17.1 Å². The molecule has 0 aliphatic rings. The van der Waals surface area contributed by atoms with Gasteiger partial charge >= 0.3 is 0 Å². The molecule has 0 aliphatic heterocycles. The van der Waals surface area contributed by atoms with Crippen molar-refractivity contribution < 1.29 is 4.74 Å². The van der Waals surface area contributed by atoms with E-state index >= 15 is 0 Å². The molecular weight excluding hydrogens is 302 g/mol. The standard InChI is InChI=1S/C11H14BrN3OS/c1-16-5-4-15-8-9(6-14-15)13-7-10-2-3-11(12)17-10/h2-3,6,8,13H,4-5,7H2,1H3. The molecule has 1 N–H and O–H groups in total. The Morgan fingerprint density at radius 2 is 2.41 bits per heavy atom. The van der Waals surface area contributed by atoms with E-state index in [2.05, 4.69) is 38.5 Å². The molecule has 2 aromatic rings. The summed E-state index contributed by atoms with van der Waals surface area (Å²) in [7, 11) is 1.69. The van der Waals surface area contributed by atoms with Crippen molar-refractivity contribution in [3.8, 4) is 0 Å². The summed E-state index contributed by atoms with van der Waals surface area (Å²) >= 11 is 5.19. The van der Waals surface area contributed by atoms with Gasteiger partial charge in [0.1, 0.15) is 0 Å². The van der Waals surface area contributed by atoms with Crippen LogP contribution in [0, 0.1) is 0 Å². The van der Waals surface area contributed by atoms with Crippen LogP contribution in [0.25, 0.3) is 0 Å². The third-order valence-electron chi connectivity index (χ3n) is 2.25. The fraction of sp³-hybridized carbons (Fsp3) is 0.364. The highest BCUT2D eigenvalue weighted by Gasteiger charge is 2.00. The Labute approximate surface area is 113 Å². The van der Waals surface area contributed by atoms with Gasteiger partial charge in [0.15, 0.2) is 0 Å². The zero-order valence-electron chi connectivity index (χ0n) is 9.52. The zero-order valence-corrected chi connectivity index (χ0v) is 11.9. The van der Waals surface area contributed by atoms with Gasteiger partial charge in [-0.15, -0.1) is 11.3 Å². The second-order valence-electron chi connectivity index (χ2n) is 3.54. The first-order valence-corrected chi connectivity index (χ1v) is 6.88. The van der Waals surface area contributed by atoms with Gasteiger partial charge in [0, 0.05) is 24.7 Å². The van der Waals surface area contributed by atoms with Crippen LogP contribution < -0.4 is 5.32 Å². The molecule has 17 heavy (non-hydrogen) atoms. The lowest BCUT2D eigenvalue weighted by molar-refractivity contribution is 0.183. The Bertz CT molecular complexity index is 469. The van der Waals surface area contributed by atoms with E-state index in [0.29, 0.717) is 6.61 Å². The molecule has 0 spiro atoms. The average molecular weight is 316 g/mol. The van der Waals surface area contributed by atoms with Gasteiger partial charge in [-0.25, -0.2) is 0 Å². The van der Waals surface area contributed by atoms with Gasteiger partial charge < -0.3 is 10.1 Å². The van der Waals surface area contributed by atoms with Crippen molar-refractivity contribution in [2.24, 2.45) is 0 Å². The smallest absolute Gasteiger partial charge is 0.0729 e. The fourth-order valence-electron chi connectivity index (χ4n) is 1.40. The number of hydrogen-bond donors (Lipinski definition) is 1. The van der Waals surface area contributed by atoms with Crippen LogP contribution in [-0.4, -0.2) is 23.5 Å². The third-order valence-corrected chi connectivity index (χ3v) is 3.88.